The van der Waals surface area contributed by atoms with Crippen molar-refractivity contribution in [2.24, 2.45) is 0 Å². The largest absolute Gasteiger partial charge is 2.00 e. The van der Waals surface area contributed by atoms with Crippen LogP contribution in [-0.2, 0) is 21.7 Å². The third kappa shape index (κ3) is 21.8. The normalized spacial score (nSPS) is 0. The molecule has 5 heteroatoms. The van der Waals surface area contributed by atoms with Crippen LogP contribution in [0.3, 0.4) is 0 Å². The van der Waals surface area contributed by atoms with Crippen LogP contribution >= 0.6 is 37.2 Å². The predicted octanol–water partition coefficient (Wildman–Crippen LogP) is 1.11. The Kier molecular flexibility index (Phi) is 353. The van der Waals surface area contributed by atoms with Gasteiger partial charge in [0, 0.05) is 21.7 Å². The van der Waals surface area contributed by atoms with E-state index in [4.69, 9.17) is 0 Å². The van der Waals surface area contributed by atoms with Gasteiger partial charge in [-0.3, -0.25) is 0 Å². The Morgan fingerprint density at radius 2 is 0.800 bits per heavy atom. The minimum absolute atomic E-state index is 0. The third-order valence-corrected chi connectivity index (χ3v) is 0. The fourth-order valence-electron chi connectivity index (χ4n) is 0. The maximum atomic E-state index is 0. The minimum atomic E-state index is 0. The molecule has 0 unspecified atom stereocenters. The number of hydrogen-bond acceptors (Lipinski definition) is 0. The van der Waals surface area contributed by atoms with Crippen LogP contribution in [0.1, 0.15) is 2.85 Å². The fraction of sp³-hybridized carbons (Fsp3) is 0. The maximum Gasteiger partial charge on any atom is 2.00 e. The van der Waals surface area contributed by atoms with Gasteiger partial charge in [0.2, 0.25) is 0 Å². The van der Waals surface area contributed by atoms with E-state index < -0.39 is 0 Å². The summed E-state index contributed by atoms with van der Waals surface area (Å²) in [6.07, 6.45) is 0. The summed E-state index contributed by atoms with van der Waals surface area (Å²) < 4.78 is 0. The molecule has 0 amide bonds. The number of rotatable bonds is 0. The van der Waals surface area contributed by atoms with Gasteiger partial charge in [-0.25, -0.2) is 0 Å². The van der Waals surface area contributed by atoms with Crippen molar-refractivity contribution in [3.63, 3.8) is 0 Å². The van der Waals surface area contributed by atoms with Crippen LogP contribution in [0, 0.1) is 0 Å². The van der Waals surface area contributed by atoms with Crippen LogP contribution in [0.5, 0.6) is 0 Å². The zero-order valence-corrected chi connectivity index (χ0v) is 7.86. The molecule has 0 aromatic heterocycles. The number of halogens is 3. The Hall–Kier alpha value is 2.35. The second-order valence-electron chi connectivity index (χ2n) is 0. The van der Waals surface area contributed by atoms with Gasteiger partial charge in [-0.2, -0.15) is 0 Å². The first-order valence-electron chi connectivity index (χ1n) is 0. The summed E-state index contributed by atoms with van der Waals surface area (Å²) in [7, 11) is 0. The second-order valence-corrected chi connectivity index (χ2v) is 0. The Morgan fingerprint density at radius 1 is 0.800 bits per heavy atom. The Labute approximate surface area is 84.1 Å². The standard InChI is InChI=1S/3ClH.Mg.Ti.2H/h3*1H;;;;/q;;;+2;;2*-1. The Balaban J connectivity index is 0. The van der Waals surface area contributed by atoms with Crippen LogP contribution < -0.4 is 0 Å². The molecule has 0 spiro atoms. The summed E-state index contributed by atoms with van der Waals surface area (Å²) in [6.45, 7) is 0. The molecule has 0 nitrogen and oxygen atoms in total. The zero-order valence-electron chi connectivity index (χ0n) is 4.43. The summed E-state index contributed by atoms with van der Waals surface area (Å²) in [4.78, 5) is 0. The van der Waals surface area contributed by atoms with E-state index in [2.05, 4.69) is 0 Å². The molecule has 0 rings (SSSR count). The van der Waals surface area contributed by atoms with E-state index in [0.29, 0.717) is 0 Å². The summed E-state index contributed by atoms with van der Waals surface area (Å²) in [5.41, 5.74) is 0. The summed E-state index contributed by atoms with van der Waals surface area (Å²) in [5.74, 6) is 0. The molecular formula is H5Cl3MgTi. The maximum absolute atomic E-state index is 0. The molecule has 0 fully saturated rings. The summed E-state index contributed by atoms with van der Waals surface area (Å²) in [5, 5.41) is 0. The van der Waals surface area contributed by atoms with Crippen LogP contribution in [0.2, 0.25) is 0 Å². The van der Waals surface area contributed by atoms with Gasteiger partial charge in [0.1, 0.15) is 0 Å². The smallest absolute Gasteiger partial charge is 1.00 e. The van der Waals surface area contributed by atoms with Gasteiger partial charge in [0.05, 0.1) is 0 Å². The van der Waals surface area contributed by atoms with Crippen molar-refractivity contribution in [2.45, 2.75) is 0 Å². The average molecular weight is 184 g/mol. The van der Waals surface area contributed by atoms with E-state index in [9.17, 15) is 0 Å². The molecule has 0 heterocycles. The Bertz CT molecular complexity index is 12.9. The van der Waals surface area contributed by atoms with Crippen LogP contribution in [0.25, 0.3) is 0 Å². The van der Waals surface area contributed by atoms with E-state index in [1.54, 1.807) is 0 Å². The number of hydrogen-bond donors (Lipinski definition) is 0. The van der Waals surface area contributed by atoms with E-state index in [-0.39, 0.29) is 84.8 Å². The topological polar surface area (TPSA) is 0 Å². The molecule has 5 heavy (non-hydrogen) atoms. The van der Waals surface area contributed by atoms with Gasteiger partial charge in [-0.15, -0.1) is 37.2 Å². The molecule has 0 atom stereocenters. The van der Waals surface area contributed by atoms with Crippen molar-refractivity contribution < 1.29 is 24.6 Å². The van der Waals surface area contributed by atoms with Gasteiger partial charge in [0.25, 0.3) is 0 Å². The van der Waals surface area contributed by atoms with Crippen molar-refractivity contribution in [3.05, 3.63) is 0 Å². The van der Waals surface area contributed by atoms with Crippen molar-refractivity contribution in [1.82, 2.24) is 0 Å². The van der Waals surface area contributed by atoms with Gasteiger partial charge in [0.15, 0.2) is 0 Å². The molecule has 0 aromatic rings. The Morgan fingerprint density at radius 3 is 0.800 bits per heavy atom. The van der Waals surface area contributed by atoms with Crippen LogP contribution in [0.4, 0.5) is 0 Å². The quantitative estimate of drug-likeness (QED) is 0.494. The van der Waals surface area contributed by atoms with E-state index in [1.807, 2.05) is 0 Å². The zero-order chi connectivity index (χ0) is 0. The first kappa shape index (κ1) is 53.7. The molecule has 0 aliphatic heterocycles. The van der Waals surface area contributed by atoms with Gasteiger partial charge < -0.3 is 2.85 Å². The predicted molar refractivity (Wildman–Crippen MR) is 29.7 cm³/mol. The molecule has 0 aromatic carbocycles. The molecule has 0 radical (unpaired) electrons. The van der Waals surface area contributed by atoms with Gasteiger partial charge in [-0.1, -0.05) is 0 Å². The first-order valence-corrected chi connectivity index (χ1v) is 0. The second kappa shape index (κ2) is 32.9. The molecule has 32 valence electrons. The molecule has 0 N–H and O–H groups in total. The summed E-state index contributed by atoms with van der Waals surface area (Å²) >= 11 is 0. The van der Waals surface area contributed by atoms with Crippen LogP contribution in [-0.4, -0.2) is 23.1 Å². The van der Waals surface area contributed by atoms with Crippen LogP contribution in [0.15, 0.2) is 0 Å². The van der Waals surface area contributed by atoms with Crippen molar-refractivity contribution in [2.75, 3.05) is 0 Å². The molecule has 0 aliphatic rings. The van der Waals surface area contributed by atoms with Crippen molar-refractivity contribution in [1.29, 1.82) is 0 Å². The van der Waals surface area contributed by atoms with Crippen molar-refractivity contribution >= 4 is 60.3 Å². The average Bonchev–Trinajstić information content (AvgIpc) is 0. The SMILES string of the molecule is Cl.Cl.Cl.[H-].[H-].[Mg+2].[Ti]. The van der Waals surface area contributed by atoms with E-state index in [0.717, 1.165) is 0 Å². The third-order valence-electron chi connectivity index (χ3n) is 0. The molecule has 0 bridgehead atoms. The molecule has 0 aliphatic carbocycles. The first-order chi connectivity index (χ1) is 0. The summed E-state index contributed by atoms with van der Waals surface area (Å²) in [6, 6.07) is 0. The van der Waals surface area contributed by atoms with E-state index in [1.165, 1.54) is 0 Å². The van der Waals surface area contributed by atoms with Gasteiger partial charge in [-0.05, 0) is 0 Å². The molecular weight excluding hydrogens is 179 g/mol. The van der Waals surface area contributed by atoms with Gasteiger partial charge >= 0.3 is 23.1 Å². The minimum Gasteiger partial charge on any atom is -1.00 e. The van der Waals surface area contributed by atoms with Crippen molar-refractivity contribution in [3.8, 4) is 0 Å². The molecule has 0 saturated carbocycles. The van der Waals surface area contributed by atoms with E-state index >= 15 is 0 Å². The molecule has 0 saturated heterocycles. The fourth-order valence-corrected chi connectivity index (χ4v) is 0. The monoisotopic (exact) mass is 182 g/mol.